The maximum Gasteiger partial charge on any atom is 0.233 e. The van der Waals surface area contributed by atoms with Crippen molar-refractivity contribution in [3.05, 3.63) is 29.8 Å². The van der Waals surface area contributed by atoms with Crippen molar-refractivity contribution < 1.29 is 9.59 Å². The van der Waals surface area contributed by atoms with Gasteiger partial charge in [-0.25, -0.2) is 0 Å². The molecule has 0 aliphatic carbocycles. The Morgan fingerprint density at radius 1 is 1.12 bits per heavy atom. The number of anilines is 1. The second-order valence-electron chi connectivity index (χ2n) is 3.89. The number of nitrogens with zero attached hydrogens (tertiary/aromatic N) is 1. The lowest BCUT2D eigenvalue weighted by atomic mass is 10.1. The van der Waals surface area contributed by atoms with Crippen LogP contribution in [0.15, 0.2) is 24.3 Å². The van der Waals surface area contributed by atoms with Crippen molar-refractivity contribution in [1.82, 2.24) is 0 Å². The molecule has 2 N–H and O–H groups in total. The van der Waals surface area contributed by atoms with Crippen molar-refractivity contribution in [3.8, 4) is 0 Å². The number of benzene rings is 1. The van der Waals surface area contributed by atoms with Gasteiger partial charge in [-0.3, -0.25) is 14.5 Å². The maximum atomic E-state index is 11.7. The van der Waals surface area contributed by atoms with E-state index in [1.165, 1.54) is 4.90 Å². The Morgan fingerprint density at radius 3 is 2.12 bits per heavy atom. The first kappa shape index (κ1) is 11.7. The van der Waals surface area contributed by atoms with Crippen LogP contribution in [0.2, 0.25) is 0 Å². The van der Waals surface area contributed by atoms with Crippen LogP contribution < -0.4 is 10.6 Å². The summed E-state index contributed by atoms with van der Waals surface area (Å²) in [5.74, 6) is -0.298. The SMILES string of the molecule is NC(=S)c1ccc(N2C(=O)CCCC2=O)cc1. The first-order valence-electron chi connectivity index (χ1n) is 5.35. The van der Waals surface area contributed by atoms with E-state index in [1.54, 1.807) is 24.3 Å². The van der Waals surface area contributed by atoms with Crippen LogP contribution in [-0.4, -0.2) is 16.8 Å². The molecule has 2 rings (SSSR count). The van der Waals surface area contributed by atoms with Crippen LogP contribution in [0.4, 0.5) is 5.69 Å². The van der Waals surface area contributed by atoms with Crippen LogP contribution in [0.25, 0.3) is 0 Å². The summed E-state index contributed by atoms with van der Waals surface area (Å²) < 4.78 is 0. The van der Waals surface area contributed by atoms with E-state index in [0.29, 0.717) is 29.9 Å². The molecule has 1 aliphatic heterocycles. The summed E-state index contributed by atoms with van der Waals surface area (Å²) in [5.41, 5.74) is 6.79. The molecule has 0 aromatic heterocycles. The van der Waals surface area contributed by atoms with Gasteiger partial charge in [-0.05, 0) is 30.7 Å². The van der Waals surface area contributed by atoms with Gasteiger partial charge < -0.3 is 5.73 Å². The fourth-order valence-corrected chi connectivity index (χ4v) is 1.95. The van der Waals surface area contributed by atoms with E-state index in [1.807, 2.05) is 0 Å². The third-order valence-corrected chi connectivity index (χ3v) is 2.93. The van der Waals surface area contributed by atoms with E-state index in [2.05, 4.69) is 0 Å². The van der Waals surface area contributed by atoms with Gasteiger partial charge in [-0.1, -0.05) is 12.2 Å². The van der Waals surface area contributed by atoms with Crippen molar-refractivity contribution in [2.45, 2.75) is 19.3 Å². The molecular formula is C12H12N2O2S. The summed E-state index contributed by atoms with van der Waals surface area (Å²) in [4.78, 5) is 24.9. The summed E-state index contributed by atoms with van der Waals surface area (Å²) in [7, 11) is 0. The number of imide groups is 1. The molecule has 0 spiro atoms. The van der Waals surface area contributed by atoms with Gasteiger partial charge in [0.25, 0.3) is 0 Å². The van der Waals surface area contributed by atoms with E-state index in [-0.39, 0.29) is 11.8 Å². The summed E-state index contributed by atoms with van der Waals surface area (Å²) in [5, 5.41) is 0. The summed E-state index contributed by atoms with van der Waals surface area (Å²) in [6, 6.07) is 6.81. The van der Waals surface area contributed by atoms with Crippen molar-refractivity contribution >= 4 is 34.7 Å². The van der Waals surface area contributed by atoms with Crippen LogP contribution in [0.3, 0.4) is 0 Å². The zero-order valence-corrected chi connectivity index (χ0v) is 10.00. The van der Waals surface area contributed by atoms with Crippen LogP contribution in [-0.2, 0) is 9.59 Å². The van der Waals surface area contributed by atoms with Gasteiger partial charge in [0, 0.05) is 18.4 Å². The molecule has 1 aromatic carbocycles. The zero-order chi connectivity index (χ0) is 12.4. The number of rotatable bonds is 2. The van der Waals surface area contributed by atoms with E-state index >= 15 is 0 Å². The molecule has 0 radical (unpaired) electrons. The second kappa shape index (κ2) is 4.63. The highest BCUT2D eigenvalue weighted by molar-refractivity contribution is 7.80. The van der Waals surface area contributed by atoms with Crippen LogP contribution >= 0.6 is 12.2 Å². The summed E-state index contributed by atoms with van der Waals surface area (Å²) >= 11 is 4.84. The molecule has 1 heterocycles. The molecule has 1 fully saturated rings. The van der Waals surface area contributed by atoms with Gasteiger partial charge in [-0.2, -0.15) is 0 Å². The number of nitrogens with two attached hydrogens (primary N) is 1. The Labute approximate surface area is 104 Å². The molecule has 1 aromatic rings. The van der Waals surface area contributed by atoms with Gasteiger partial charge >= 0.3 is 0 Å². The van der Waals surface area contributed by atoms with Gasteiger partial charge in [0.15, 0.2) is 0 Å². The Kier molecular flexibility index (Phi) is 3.19. The van der Waals surface area contributed by atoms with Crippen LogP contribution in [0.1, 0.15) is 24.8 Å². The van der Waals surface area contributed by atoms with Crippen LogP contribution in [0.5, 0.6) is 0 Å². The van der Waals surface area contributed by atoms with Crippen molar-refractivity contribution in [2.75, 3.05) is 4.90 Å². The highest BCUT2D eigenvalue weighted by atomic mass is 32.1. The molecular weight excluding hydrogens is 236 g/mol. The molecule has 17 heavy (non-hydrogen) atoms. The molecule has 2 amide bonds. The van der Waals surface area contributed by atoms with Crippen molar-refractivity contribution in [1.29, 1.82) is 0 Å². The summed E-state index contributed by atoms with van der Waals surface area (Å²) in [6.45, 7) is 0. The standard InChI is InChI=1S/C12H12N2O2S/c13-12(17)8-4-6-9(7-5-8)14-10(15)2-1-3-11(14)16/h4-7H,1-3H2,(H2,13,17). The van der Waals surface area contributed by atoms with Gasteiger partial charge in [-0.15, -0.1) is 0 Å². The minimum atomic E-state index is -0.149. The molecule has 0 saturated carbocycles. The number of hydrogen-bond acceptors (Lipinski definition) is 3. The molecule has 4 nitrogen and oxygen atoms in total. The molecule has 1 saturated heterocycles. The molecule has 0 bridgehead atoms. The fraction of sp³-hybridized carbons (Fsp3) is 0.250. The van der Waals surface area contributed by atoms with Crippen molar-refractivity contribution in [2.24, 2.45) is 5.73 Å². The maximum absolute atomic E-state index is 11.7. The van der Waals surface area contributed by atoms with E-state index in [4.69, 9.17) is 18.0 Å². The highest BCUT2D eigenvalue weighted by Crippen LogP contribution is 2.22. The monoisotopic (exact) mass is 248 g/mol. The first-order chi connectivity index (χ1) is 8.09. The third-order valence-electron chi connectivity index (χ3n) is 2.69. The van der Waals surface area contributed by atoms with E-state index in [0.717, 1.165) is 5.56 Å². The minimum absolute atomic E-state index is 0.149. The Bertz CT molecular complexity index is 466. The van der Waals surface area contributed by atoms with Gasteiger partial charge in [0.05, 0.1) is 5.69 Å². The largest absolute Gasteiger partial charge is 0.389 e. The van der Waals surface area contributed by atoms with E-state index in [9.17, 15) is 9.59 Å². The lowest BCUT2D eigenvalue weighted by molar-refractivity contribution is -0.129. The predicted molar refractivity (Wildman–Crippen MR) is 68.7 cm³/mol. The lowest BCUT2D eigenvalue weighted by Crippen LogP contribution is -2.40. The number of hydrogen-bond donors (Lipinski definition) is 1. The molecule has 0 unspecified atom stereocenters. The molecule has 1 aliphatic rings. The second-order valence-corrected chi connectivity index (χ2v) is 4.33. The normalized spacial score (nSPS) is 16.1. The number of carbonyl (C=O) groups excluding carboxylic acids is 2. The lowest BCUT2D eigenvalue weighted by Gasteiger charge is -2.24. The van der Waals surface area contributed by atoms with E-state index < -0.39 is 0 Å². The smallest absolute Gasteiger partial charge is 0.233 e. The average Bonchev–Trinajstić information content (AvgIpc) is 2.29. The summed E-state index contributed by atoms with van der Waals surface area (Å²) in [6.07, 6.45) is 1.48. The quantitative estimate of drug-likeness (QED) is 0.634. The zero-order valence-electron chi connectivity index (χ0n) is 9.18. The number of thiocarbonyl (C=S) groups is 1. The molecule has 0 atom stereocenters. The molecule has 88 valence electrons. The highest BCUT2D eigenvalue weighted by Gasteiger charge is 2.27. The fourth-order valence-electron chi connectivity index (χ4n) is 1.82. The number of piperidine rings is 1. The van der Waals surface area contributed by atoms with Gasteiger partial charge in [0.2, 0.25) is 11.8 Å². The average molecular weight is 248 g/mol. The Morgan fingerprint density at radius 2 is 1.65 bits per heavy atom. The third kappa shape index (κ3) is 2.34. The topological polar surface area (TPSA) is 63.4 Å². The Hall–Kier alpha value is -1.75. The minimum Gasteiger partial charge on any atom is -0.389 e. The Balaban J connectivity index is 2.29. The number of carbonyl (C=O) groups is 2. The van der Waals surface area contributed by atoms with Crippen LogP contribution in [0, 0.1) is 0 Å². The predicted octanol–water partition coefficient (Wildman–Crippen LogP) is 1.36. The van der Waals surface area contributed by atoms with Crippen molar-refractivity contribution in [3.63, 3.8) is 0 Å². The van der Waals surface area contributed by atoms with Gasteiger partial charge in [0.1, 0.15) is 4.99 Å². The number of amides is 2. The molecule has 5 heteroatoms. The first-order valence-corrected chi connectivity index (χ1v) is 5.76.